The SMILES string of the molecule is O=C(c1ccc(-c2cc(F)c(F)c(F)c2)cc1)N1CCC(CO)C1. The molecule has 24 heavy (non-hydrogen) atoms. The van der Waals surface area contributed by atoms with Crippen LogP contribution in [-0.2, 0) is 0 Å². The van der Waals surface area contributed by atoms with E-state index in [4.69, 9.17) is 5.11 Å². The maximum atomic E-state index is 13.3. The quantitative estimate of drug-likeness (QED) is 0.875. The lowest BCUT2D eigenvalue weighted by molar-refractivity contribution is 0.0782. The summed E-state index contributed by atoms with van der Waals surface area (Å²) in [4.78, 5) is 14.1. The first-order chi connectivity index (χ1) is 11.5. The van der Waals surface area contributed by atoms with Gasteiger partial charge in [0.05, 0.1) is 0 Å². The fourth-order valence-corrected chi connectivity index (χ4v) is 2.88. The maximum Gasteiger partial charge on any atom is 0.253 e. The van der Waals surface area contributed by atoms with E-state index in [0.29, 0.717) is 24.2 Å². The smallest absolute Gasteiger partial charge is 0.253 e. The number of amides is 1. The van der Waals surface area contributed by atoms with Gasteiger partial charge in [0.15, 0.2) is 17.5 Å². The highest BCUT2D eigenvalue weighted by atomic mass is 19.2. The van der Waals surface area contributed by atoms with Gasteiger partial charge in [-0.15, -0.1) is 0 Å². The number of aliphatic hydroxyl groups excluding tert-OH is 1. The van der Waals surface area contributed by atoms with Gasteiger partial charge in [-0.25, -0.2) is 13.2 Å². The molecule has 6 heteroatoms. The summed E-state index contributed by atoms with van der Waals surface area (Å²) in [6, 6.07) is 8.12. The highest BCUT2D eigenvalue weighted by Crippen LogP contribution is 2.25. The molecule has 1 atom stereocenters. The highest BCUT2D eigenvalue weighted by Gasteiger charge is 2.26. The first kappa shape index (κ1) is 16.5. The van der Waals surface area contributed by atoms with E-state index in [2.05, 4.69) is 0 Å². The lowest BCUT2D eigenvalue weighted by Crippen LogP contribution is -2.29. The number of halogens is 3. The van der Waals surface area contributed by atoms with Crippen molar-refractivity contribution in [3.05, 3.63) is 59.4 Å². The molecule has 2 aromatic carbocycles. The molecule has 126 valence electrons. The molecule has 1 fully saturated rings. The largest absolute Gasteiger partial charge is 0.396 e. The molecule has 1 unspecified atom stereocenters. The van der Waals surface area contributed by atoms with Crippen LogP contribution in [0.2, 0.25) is 0 Å². The molecule has 2 aromatic rings. The molecule has 0 spiro atoms. The second-order valence-electron chi connectivity index (χ2n) is 5.92. The fraction of sp³-hybridized carbons (Fsp3) is 0.278. The normalized spacial score (nSPS) is 17.3. The van der Waals surface area contributed by atoms with Crippen molar-refractivity contribution >= 4 is 5.91 Å². The molecule has 0 bridgehead atoms. The van der Waals surface area contributed by atoms with Crippen molar-refractivity contribution in [3.63, 3.8) is 0 Å². The molecule has 0 saturated carbocycles. The van der Waals surface area contributed by atoms with E-state index in [1.807, 2.05) is 0 Å². The van der Waals surface area contributed by atoms with Gasteiger partial charge in [-0.3, -0.25) is 4.79 Å². The van der Waals surface area contributed by atoms with Gasteiger partial charge in [-0.1, -0.05) is 12.1 Å². The van der Waals surface area contributed by atoms with Crippen LogP contribution >= 0.6 is 0 Å². The van der Waals surface area contributed by atoms with E-state index in [0.717, 1.165) is 18.6 Å². The number of aliphatic hydroxyl groups is 1. The topological polar surface area (TPSA) is 40.5 Å². The van der Waals surface area contributed by atoms with Crippen LogP contribution in [0.15, 0.2) is 36.4 Å². The number of carbonyl (C=O) groups excluding carboxylic acids is 1. The summed E-state index contributed by atoms with van der Waals surface area (Å²) in [5, 5.41) is 9.14. The van der Waals surface area contributed by atoms with Crippen LogP contribution in [0, 0.1) is 23.4 Å². The third-order valence-corrected chi connectivity index (χ3v) is 4.28. The third kappa shape index (κ3) is 3.14. The molecule has 0 aromatic heterocycles. The van der Waals surface area contributed by atoms with E-state index in [1.54, 1.807) is 29.2 Å². The number of carbonyl (C=O) groups is 1. The Morgan fingerprint density at radius 1 is 1.08 bits per heavy atom. The van der Waals surface area contributed by atoms with E-state index in [9.17, 15) is 18.0 Å². The number of benzene rings is 2. The Morgan fingerprint density at radius 3 is 2.25 bits per heavy atom. The molecule has 0 aliphatic carbocycles. The van der Waals surface area contributed by atoms with Crippen LogP contribution in [0.3, 0.4) is 0 Å². The molecule has 0 radical (unpaired) electrons. The van der Waals surface area contributed by atoms with E-state index >= 15 is 0 Å². The molecule has 3 rings (SSSR count). The lowest BCUT2D eigenvalue weighted by atomic mass is 10.0. The molecule has 1 aliphatic heterocycles. The van der Waals surface area contributed by atoms with Crippen LogP contribution in [0.4, 0.5) is 13.2 Å². The van der Waals surface area contributed by atoms with Crippen molar-refractivity contribution < 1.29 is 23.1 Å². The summed E-state index contributed by atoms with van der Waals surface area (Å²) < 4.78 is 39.6. The number of rotatable bonds is 3. The standard InChI is InChI=1S/C18H16F3NO2/c19-15-7-14(8-16(20)17(15)21)12-1-3-13(4-2-12)18(24)22-6-5-11(9-22)10-23/h1-4,7-8,11,23H,5-6,9-10H2. The predicted octanol–water partition coefficient (Wildman–Crippen LogP) is 3.23. The Bertz CT molecular complexity index is 738. The van der Waals surface area contributed by atoms with Gasteiger partial charge in [0.25, 0.3) is 5.91 Å². The zero-order valence-electron chi connectivity index (χ0n) is 12.8. The van der Waals surface area contributed by atoms with Gasteiger partial charge in [-0.2, -0.15) is 0 Å². The Morgan fingerprint density at radius 2 is 1.71 bits per heavy atom. The van der Waals surface area contributed by atoms with Gasteiger partial charge < -0.3 is 10.0 Å². The molecule has 1 amide bonds. The fourth-order valence-electron chi connectivity index (χ4n) is 2.88. The molecule has 1 heterocycles. The second-order valence-corrected chi connectivity index (χ2v) is 5.92. The van der Waals surface area contributed by atoms with Crippen molar-refractivity contribution in [2.24, 2.45) is 5.92 Å². The summed E-state index contributed by atoms with van der Waals surface area (Å²) in [5.74, 6) is -4.04. The molecule has 3 nitrogen and oxygen atoms in total. The van der Waals surface area contributed by atoms with Gasteiger partial charge in [-0.05, 0) is 41.8 Å². The first-order valence-electron chi connectivity index (χ1n) is 7.64. The molecular formula is C18H16F3NO2. The minimum atomic E-state index is -1.50. The summed E-state index contributed by atoms with van der Waals surface area (Å²) >= 11 is 0. The summed E-state index contributed by atoms with van der Waals surface area (Å²) in [6.45, 7) is 1.18. The van der Waals surface area contributed by atoms with Gasteiger partial charge in [0.1, 0.15) is 0 Å². The zero-order valence-corrected chi connectivity index (χ0v) is 12.8. The van der Waals surface area contributed by atoms with Crippen molar-refractivity contribution in [3.8, 4) is 11.1 Å². The molecular weight excluding hydrogens is 319 g/mol. The van der Waals surface area contributed by atoms with Crippen LogP contribution in [0.25, 0.3) is 11.1 Å². The second kappa shape index (κ2) is 6.65. The first-order valence-corrected chi connectivity index (χ1v) is 7.64. The van der Waals surface area contributed by atoms with E-state index in [1.165, 1.54) is 0 Å². The van der Waals surface area contributed by atoms with Crippen LogP contribution in [-0.4, -0.2) is 35.6 Å². The number of hydrogen-bond donors (Lipinski definition) is 1. The number of hydrogen-bond acceptors (Lipinski definition) is 2. The van der Waals surface area contributed by atoms with Gasteiger partial charge >= 0.3 is 0 Å². The van der Waals surface area contributed by atoms with Crippen molar-refractivity contribution in [1.82, 2.24) is 4.90 Å². The Labute approximate surface area is 137 Å². The minimum absolute atomic E-state index is 0.0599. The summed E-state index contributed by atoms with van der Waals surface area (Å²) in [5.41, 5.74) is 1.14. The predicted molar refractivity (Wildman–Crippen MR) is 82.8 cm³/mol. The van der Waals surface area contributed by atoms with Crippen LogP contribution in [0.1, 0.15) is 16.8 Å². The van der Waals surface area contributed by atoms with Crippen molar-refractivity contribution in [2.45, 2.75) is 6.42 Å². The Balaban J connectivity index is 1.80. The van der Waals surface area contributed by atoms with Crippen molar-refractivity contribution in [1.29, 1.82) is 0 Å². The Kier molecular flexibility index (Phi) is 4.57. The monoisotopic (exact) mass is 335 g/mol. The third-order valence-electron chi connectivity index (χ3n) is 4.28. The minimum Gasteiger partial charge on any atom is -0.396 e. The maximum absolute atomic E-state index is 13.3. The number of nitrogens with zero attached hydrogens (tertiary/aromatic N) is 1. The number of likely N-dealkylation sites (tertiary alicyclic amines) is 1. The van der Waals surface area contributed by atoms with E-state index < -0.39 is 17.5 Å². The van der Waals surface area contributed by atoms with Gasteiger partial charge in [0, 0.05) is 31.2 Å². The average Bonchev–Trinajstić information content (AvgIpc) is 3.08. The summed E-state index contributed by atoms with van der Waals surface area (Å²) in [6.07, 6.45) is 0.772. The summed E-state index contributed by atoms with van der Waals surface area (Å²) in [7, 11) is 0. The molecule has 1 saturated heterocycles. The van der Waals surface area contributed by atoms with Crippen molar-refractivity contribution in [2.75, 3.05) is 19.7 Å². The molecule has 1 aliphatic rings. The average molecular weight is 335 g/mol. The molecule has 1 N–H and O–H groups in total. The highest BCUT2D eigenvalue weighted by molar-refractivity contribution is 5.94. The van der Waals surface area contributed by atoms with Crippen LogP contribution < -0.4 is 0 Å². The lowest BCUT2D eigenvalue weighted by Gasteiger charge is -2.16. The van der Waals surface area contributed by atoms with Crippen LogP contribution in [0.5, 0.6) is 0 Å². The zero-order chi connectivity index (χ0) is 17.3. The van der Waals surface area contributed by atoms with Gasteiger partial charge in [0.2, 0.25) is 0 Å². The van der Waals surface area contributed by atoms with E-state index in [-0.39, 0.29) is 24.0 Å². The Hall–Kier alpha value is -2.34.